The maximum Gasteiger partial charge on any atom is 0.347 e. The van der Waals surface area contributed by atoms with E-state index in [1.54, 1.807) is 6.92 Å². The summed E-state index contributed by atoms with van der Waals surface area (Å²) in [6.45, 7) is 7.77. The zero-order valence-corrected chi connectivity index (χ0v) is 13.3. The van der Waals surface area contributed by atoms with Gasteiger partial charge in [0.15, 0.2) is 9.50 Å². The van der Waals surface area contributed by atoms with Crippen molar-refractivity contribution < 1.29 is 9.90 Å². The lowest BCUT2D eigenvalue weighted by Gasteiger charge is -2.06. The summed E-state index contributed by atoms with van der Waals surface area (Å²) in [5.74, 6) is -0.622. The molecule has 2 aromatic heterocycles. The highest BCUT2D eigenvalue weighted by atomic mass is 32.2. The number of carbonyl (C=O) groups is 1. The van der Waals surface area contributed by atoms with Gasteiger partial charge in [0.2, 0.25) is 0 Å². The topological polar surface area (TPSA) is 76.0 Å². The van der Waals surface area contributed by atoms with Gasteiger partial charge in [0.05, 0.1) is 5.69 Å². The molecule has 0 spiro atoms. The number of aryl methyl sites for hydroxylation is 2. The van der Waals surface area contributed by atoms with Crippen molar-refractivity contribution in [3.8, 4) is 0 Å². The summed E-state index contributed by atoms with van der Waals surface area (Å²) in [6.07, 6.45) is 0. The molecule has 0 saturated carbocycles. The average Bonchev–Trinajstić information content (AvgIpc) is 2.69. The first-order valence-electron chi connectivity index (χ1n) is 6.11. The number of nitrogens with zero attached hydrogens (tertiary/aromatic N) is 3. The van der Waals surface area contributed by atoms with Crippen LogP contribution in [0.25, 0.3) is 0 Å². The third-order valence-corrected chi connectivity index (χ3v) is 4.67. The molecule has 0 aliphatic rings. The highest BCUT2D eigenvalue weighted by molar-refractivity contribution is 8.00. The van der Waals surface area contributed by atoms with Crippen LogP contribution >= 0.6 is 23.1 Å². The second-order valence-corrected chi connectivity index (χ2v) is 6.89. The summed E-state index contributed by atoms with van der Waals surface area (Å²) < 4.78 is 0.653. The molecule has 1 N–H and O–H groups in total. The molecular weight excluding hydrogens is 294 g/mol. The van der Waals surface area contributed by atoms with Gasteiger partial charge in [-0.1, -0.05) is 25.2 Å². The lowest BCUT2D eigenvalue weighted by atomic mass is 10.1. The Morgan fingerprint density at radius 1 is 1.30 bits per heavy atom. The van der Waals surface area contributed by atoms with E-state index >= 15 is 0 Å². The van der Waals surface area contributed by atoms with Crippen LogP contribution in [0.2, 0.25) is 0 Å². The fourth-order valence-electron chi connectivity index (χ4n) is 1.60. The number of aromatic nitrogens is 3. The molecule has 0 aliphatic carbocycles. The molecule has 2 heterocycles. The molecule has 2 rings (SSSR count). The van der Waals surface area contributed by atoms with Gasteiger partial charge < -0.3 is 5.11 Å². The number of hydrogen-bond donors (Lipinski definition) is 1. The van der Waals surface area contributed by atoms with Crippen molar-refractivity contribution in [3.05, 3.63) is 28.0 Å². The predicted molar refractivity (Wildman–Crippen MR) is 78.8 cm³/mol. The van der Waals surface area contributed by atoms with Crippen LogP contribution in [0.15, 0.2) is 15.6 Å². The molecule has 0 bridgehead atoms. The van der Waals surface area contributed by atoms with Crippen LogP contribution in [0.5, 0.6) is 0 Å². The van der Waals surface area contributed by atoms with E-state index in [9.17, 15) is 4.79 Å². The Balaban J connectivity index is 2.30. The average molecular weight is 309 g/mol. The summed E-state index contributed by atoms with van der Waals surface area (Å²) in [5.41, 5.74) is 2.41. The first-order chi connectivity index (χ1) is 9.36. The van der Waals surface area contributed by atoms with Crippen LogP contribution in [0.4, 0.5) is 0 Å². The third kappa shape index (κ3) is 3.34. The maximum absolute atomic E-state index is 11.0. The number of carboxylic acids is 1. The summed E-state index contributed by atoms with van der Waals surface area (Å²) in [5, 5.41) is 9.65. The SMILES string of the molecule is Cc1cc(C(C)C)nc(Sc2nc(C)c(C(=O)O)s2)n1. The Morgan fingerprint density at radius 2 is 2.00 bits per heavy atom. The molecule has 7 heteroatoms. The van der Waals surface area contributed by atoms with Gasteiger partial charge in [0, 0.05) is 11.4 Å². The number of aromatic carboxylic acids is 1. The summed E-state index contributed by atoms with van der Waals surface area (Å²) >= 11 is 2.46. The van der Waals surface area contributed by atoms with Gasteiger partial charge in [-0.25, -0.2) is 19.7 Å². The van der Waals surface area contributed by atoms with E-state index < -0.39 is 5.97 Å². The molecule has 0 saturated heterocycles. The van der Waals surface area contributed by atoms with Gasteiger partial charge >= 0.3 is 5.97 Å². The highest BCUT2D eigenvalue weighted by Gasteiger charge is 2.16. The van der Waals surface area contributed by atoms with E-state index in [4.69, 9.17) is 5.11 Å². The normalized spacial score (nSPS) is 11.1. The Labute approximate surface area is 125 Å². The quantitative estimate of drug-likeness (QED) is 0.871. The molecule has 0 aliphatic heterocycles. The summed E-state index contributed by atoms with van der Waals surface area (Å²) in [6, 6.07) is 1.96. The van der Waals surface area contributed by atoms with Crippen molar-refractivity contribution >= 4 is 29.1 Å². The van der Waals surface area contributed by atoms with Crippen molar-refractivity contribution in [1.82, 2.24) is 15.0 Å². The lowest BCUT2D eigenvalue weighted by Crippen LogP contribution is -1.98. The largest absolute Gasteiger partial charge is 0.477 e. The Bertz CT molecular complexity index is 653. The zero-order valence-electron chi connectivity index (χ0n) is 11.7. The smallest absolute Gasteiger partial charge is 0.347 e. The maximum atomic E-state index is 11.0. The standard InChI is InChI=1S/C13H15N3O2S2/c1-6(2)9-5-7(3)14-12(16-9)20-13-15-8(4)10(19-13)11(17)18/h5-6H,1-4H3,(H,17,18). The Kier molecular flexibility index (Phi) is 4.39. The van der Waals surface area contributed by atoms with Crippen molar-refractivity contribution in [2.24, 2.45) is 0 Å². The van der Waals surface area contributed by atoms with E-state index in [2.05, 4.69) is 28.8 Å². The molecule has 0 unspecified atom stereocenters. The van der Waals surface area contributed by atoms with Crippen molar-refractivity contribution in [2.75, 3.05) is 0 Å². The van der Waals surface area contributed by atoms with Crippen molar-refractivity contribution in [1.29, 1.82) is 0 Å². The molecule has 0 atom stereocenters. The van der Waals surface area contributed by atoms with Gasteiger partial charge in [0.1, 0.15) is 4.88 Å². The van der Waals surface area contributed by atoms with Gasteiger partial charge in [-0.15, -0.1) is 0 Å². The molecule has 0 aromatic carbocycles. The minimum absolute atomic E-state index is 0.268. The number of rotatable bonds is 4. The first-order valence-corrected chi connectivity index (χ1v) is 7.74. The van der Waals surface area contributed by atoms with Crippen LogP contribution in [0.3, 0.4) is 0 Å². The molecule has 106 valence electrons. The van der Waals surface area contributed by atoms with Gasteiger partial charge in [0.25, 0.3) is 0 Å². The Hall–Kier alpha value is -1.47. The van der Waals surface area contributed by atoms with Crippen LogP contribution in [0.1, 0.15) is 46.5 Å². The monoisotopic (exact) mass is 309 g/mol. The van der Waals surface area contributed by atoms with Crippen LogP contribution < -0.4 is 0 Å². The van der Waals surface area contributed by atoms with Crippen molar-refractivity contribution in [3.63, 3.8) is 0 Å². The van der Waals surface area contributed by atoms with Crippen LogP contribution in [0, 0.1) is 13.8 Å². The third-order valence-electron chi connectivity index (χ3n) is 2.59. The number of hydrogen-bond acceptors (Lipinski definition) is 6. The van der Waals surface area contributed by atoms with E-state index in [0.29, 0.717) is 21.1 Å². The first kappa shape index (κ1) is 14.9. The summed E-state index contributed by atoms with van der Waals surface area (Å²) in [4.78, 5) is 24.4. The Morgan fingerprint density at radius 3 is 2.55 bits per heavy atom. The molecular formula is C13H15N3O2S2. The minimum Gasteiger partial charge on any atom is -0.477 e. The zero-order chi connectivity index (χ0) is 14.9. The molecule has 2 aromatic rings. The molecule has 5 nitrogen and oxygen atoms in total. The predicted octanol–water partition coefficient (Wildman–Crippen LogP) is 3.52. The van der Waals surface area contributed by atoms with Gasteiger partial charge in [-0.3, -0.25) is 0 Å². The van der Waals surface area contributed by atoms with Gasteiger partial charge in [-0.2, -0.15) is 0 Å². The fraction of sp³-hybridized carbons (Fsp3) is 0.385. The highest BCUT2D eigenvalue weighted by Crippen LogP contribution is 2.31. The van der Waals surface area contributed by atoms with Gasteiger partial charge in [-0.05, 0) is 37.6 Å². The van der Waals surface area contributed by atoms with E-state index in [1.165, 1.54) is 11.8 Å². The van der Waals surface area contributed by atoms with Crippen molar-refractivity contribution in [2.45, 2.75) is 43.1 Å². The molecule has 0 radical (unpaired) electrons. The molecule has 20 heavy (non-hydrogen) atoms. The minimum atomic E-state index is -0.945. The van der Waals surface area contributed by atoms with Crippen LogP contribution in [-0.4, -0.2) is 26.0 Å². The number of carboxylic acid groups (broad SMARTS) is 1. The van der Waals surface area contributed by atoms with Crippen LogP contribution in [-0.2, 0) is 0 Å². The second kappa shape index (κ2) is 5.88. The van der Waals surface area contributed by atoms with E-state index in [1.807, 2.05) is 13.0 Å². The van der Waals surface area contributed by atoms with E-state index in [0.717, 1.165) is 22.7 Å². The summed E-state index contributed by atoms with van der Waals surface area (Å²) in [7, 11) is 0. The lowest BCUT2D eigenvalue weighted by molar-refractivity contribution is 0.0701. The molecule has 0 amide bonds. The fourth-order valence-corrected chi connectivity index (χ4v) is 3.56. The number of thiazole rings is 1. The second-order valence-electron chi connectivity index (χ2n) is 4.67. The van der Waals surface area contributed by atoms with E-state index in [-0.39, 0.29) is 4.88 Å². The molecule has 0 fully saturated rings.